The van der Waals surface area contributed by atoms with Crippen LogP contribution in [0, 0.1) is 17.7 Å². The summed E-state index contributed by atoms with van der Waals surface area (Å²) in [4.78, 5) is 2.04. The first kappa shape index (κ1) is 13.3. The second-order valence-electron chi connectivity index (χ2n) is 5.61. The third-order valence-corrected chi connectivity index (χ3v) is 3.96. The van der Waals surface area contributed by atoms with Gasteiger partial charge in [-0.1, -0.05) is 13.0 Å². The molecule has 1 fully saturated rings. The quantitative estimate of drug-likeness (QED) is 0.892. The van der Waals surface area contributed by atoms with Gasteiger partial charge in [0.25, 0.3) is 0 Å². The summed E-state index contributed by atoms with van der Waals surface area (Å²) in [5.74, 6) is 0.762. The summed E-state index contributed by atoms with van der Waals surface area (Å²) < 4.78 is 13.2. The Morgan fingerprint density at radius 2 is 2.17 bits per heavy atom. The molecule has 3 heteroatoms. The molecule has 1 N–H and O–H groups in total. The number of hydrogen-bond donors (Lipinski definition) is 1. The number of rotatable bonds is 3. The standard InChI is InChI=1S/C15H22FNO/c1-11-6-7-15(18)12(8-11)10-17(2)14-5-3-4-13(16)9-14/h3-5,9,11-12,15,18H,6-8,10H2,1-2H3. The zero-order valence-electron chi connectivity index (χ0n) is 11.1. The van der Waals surface area contributed by atoms with Crippen molar-refractivity contribution in [1.29, 1.82) is 0 Å². The van der Waals surface area contributed by atoms with E-state index in [9.17, 15) is 9.50 Å². The van der Waals surface area contributed by atoms with Crippen molar-refractivity contribution in [3.8, 4) is 0 Å². The van der Waals surface area contributed by atoms with E-state index in [0.29, 0.717) is 11.8 Å². The van der Waals surface area contributed by atoms with Crippen molar-refractivity contribution in [3.63, 3.8) is 0 Å². The zero-order valence-corrected chi connectivity index (χ0v) is 11.1. The molecule has 0 spiro atoms. The molecule has 1 aliphatic carbocycles. The highest BCUT2D eigenvalue weighted by Crippen LogP contribution is 2.30. The predicted molar refractivity (Wildman–Crippen MR) is 72.2 cm³/mol. The lowest BCUT2D eigenvalue weighted by molar-refractivity contribution is 0.0556. The highest BCUT2D eigenvalue weighted by atomic mass is 19.1. The van der Waals surface area contributed by atoms with E-state index in [1.54, 1.807) is 12.1 Å². The SMILES string of the molecule is CC1CCC(O)C(CN(C)c2cccc(F)c2)C1. The summed E-state index contributed by atoms with van der Waals surface area (Å²) >= 11 is 0. The van der Waals surface area contributed by atoms with Gasteiger partial charge in [0.05, 0.1) is 6.10 Å². The fourth-order valence-corrected chi connectivity index (χ4v) is 2.85. The Morgan fingerprint density at radius 3 is 2.89 bits per heavy atom. The van der Waals surface area contributed by atoms with E-state index in [1.165, 1.54) is 6.07 Å². The van der Waals surface area contributed by atoms with Gasteiger partial charge in [-0.05, 0) is 43.4 Å². The monoisotopic (exact) mass is 251 g/mol. The lowest BCUT2D eigenvalue weighted by atomic mass is 9.80. The van der Waals surface area contributed by atoms with E-state index < -0.39 is 0 Å². The Kier molecular flexibility index (Phi) is 4.23. The number of nitrogens with zero attached hydrogens (tertiary/aromatic N) is 1. The van der Waals surface area contributed by atoms with Crippen LogP contribution in [-0.2, 0) is 0 Å². The van der Waals surface area contributed by atoms with Crippen molar-refractivity contribution in [1.82, 2.24) is 0 Å². The van der Waals surface area contributed by atoms with Gasteiger partial charge in [0.1, 0.15) is 5.82 Å². The topological polar surface area (TPSA) is 23.5 Å². The Hall–Kier alpha value is -1.09. The van der Waals surface area contributed by atoms with Gasteiger partial charge in [-0.3, -0.25) is 0 Å². The van der Waals surface area contributed by atoms with Gasteiger partial charge in [-0.25, -0.2) is 4.39 Å². The van der Waals surface area contributed by atoms with Crippen LogP contribution in [0.4, 0.5) is 10.1 Å². The fraction of sp³-hybridized carbons (Fsp3) is 0.600. The minimum atomic E-state index is -0.211. The van der Waals surface area contributed by atoms with Gasteiger partial charge in [0.2, 0.25) is 0 Å². The minimum absolute atomic E-state index is 0.211. The Bertz CT molecular complexity index is 396. The molecule has 100 valence electrons. The number of anilines is 1. The Balaban J connectivity index is 2.00. The first-order chi connectivity index (χ1) is 8.56. The van der Waals surface area contributed by atoms with Crippen LogP contribution in [0.3, 0.4) is 0 Å². The molecule has 2 rings (SSSR count). The van der Waals surface area contributed by atoms with E-state index in [0.717, 1.165) is 31.5 Å². The van der Waals surface area contributed by atoms with E-state index in [2.05, 4.69) is 6.92 Å². The number of aliphatic hydroxyl groups is 1. The maximum absolute atomic E-state index is 13.2. The summed E-state index contributed by atoms with van der Waals surface area (Å²) in [6.45, 7) is 3.02. The average molecular weight is 251 g/mol. The van der Waals surface area contributed by atoms with E-state index in [-0.39, 0.29) is 11.9 Å². The van der Waals surface area contributed by atoms with E-state index in [4.69, 9.17) is 0 Å². The van der Waals surface area contributed by atoms with Crippen molar-refractivity contribution in [3.05, 3.63) is 30.1 Å². The van der Waals surface area contributed by atoms with Crippen LogP contribution in [0.5, 0.6) is 0 Å². The maximum Gasteiger partial charge on any atom is 0.125 e. The predicted octanol–water partition coefficient (Wildman–Crippen LogP) is 3.06. The molecule has 3 atom stereocenters. The highest BCUT2D eigenvalue weighted by molar-refractivity contribution is 5.45. The van der Waals surface area contributed by atoms with Crippen molar-refractivity contribution in [2.24, 2.45) is 11.8 Å². The van der Waals surface area contributed by atoms with Gasteiger partial charge >= 0.3 is 0 Å². The first-order valence-electron chi connectivity index (χ1n) is 6.71. The van der Waals surface area contributed by atoms with E-state index in [1.807, 2.05) is 18.0 Å². The third kappa shape index (κ3) is 3.22. The van der Waals surface area contributed by atoms with Crippen molar-refractivity contribution in [2.45, 2.75) is 32.3 Å². The largest absolute Gasteiger partial charge is 0.393 e. The molecule has 1 aromatic rings. The molecule has 0 aromatic heterocycles. The van der Waals surface area contributed by atoms with Crippen molar-refractivity contribution < 1.29 is 9.50 Å². The normalized spacial score (nSPS) is 28.1. The number of hydrogen-bond acceptors (Lipinski definition) is 2. The Morgan fingerprint density at radius 1 is 1.39 bits per heavy atom. The smallest absolute Gasteiger partial charge is 0.125 e. The molecule has 0 saturated heterocycles. The van der Waals surface area contributed by atoms with E-state index >= 15 is 0 Å². The molecule has 0 radical (unpaired) electrons. The number of halogens is 1. The Labute approximate surface area is 108 Å². The lowest BCUT2D eigenvalue weighted by Gasteiger charge is -2.35. The molecule has 1 saturated carbocycles. The van der Waals surface area contributed by atoms with Crippen LogP contribution < -0.4 is 4.90 Å². The minimum Gasteiger partial charge on any atom is -0.393 e. The summed E-state index contributed by atoms with van der Waals surface area (Å²) in [6, 6.07) is 6.62. The van der Waals surface area contributed by atoms with Gasteiger partial charge in [-0.15, -0.1) is 0 Å². The second kappa shape index (κ2) is 5.70. The second-order valence-corrected chi connectivity index (χ2v) is 5.61. The summed E-state index contributed by atoms with van der Waals surface area (Å²) in [5, 5.41) is 10.0. The van der Waals surface area contributed by atoms with Gasteiger partial charge in [-0.2, -0.15) is 0 Å². The highest BCUT2D eigenvalue weighted by Gasteiger charge is 2.27. The van der Waals surface area contributed by atoms with Crippen LogP contribution in [0.1, 0.15) is 26.2 Å². The molecule has 0 aliphatic heterocycles. The molecule has 0 bridgehead atoms. The average Bonchev–Trinajstić information content (AvgIpc) is 2.34. The fourth-order valence-electron chi connectivity index (χ4n) is 2.85. The summed E-state index contributed by atoms with van der Waals surface area (Å²) in [7, 11) is 1.96. The van der Waals surface area contributed by atoms with Crippen LogP contribution >= 0.6 is 0 Å². The van der Waals surface area contributed by atoms with Crippen LogP contribution in [-0.4, -0.2) is 24.8 Å². The lowest BCUT2D eigenvalue weighted by Crippen LogP contribution is -2.37. The maximum atomic E-state index is 13.2. The number of aliphatic hydroxyl groups excluding tert-OH is 1. The molecule has 1 aliphatic rings. The van der Waals surface area contributed by atoms with Gasteiger partial charge in [0, 0.05) is 25.2 Å². The van der Waals surface area contributed by atoms with Gasteiger partial charge in [0.15, 0.2) is 0 Å². The van der Waals surface area contributed by atoms with Gasteiger partial charge < -0.3 is 10.0 Å². The molecule has 3 unspecified atom stereocenters. The zero-order chi connectivity index (χ0) is 13.1. The number of benzene rings is 1. The molecular formula is C15H22FNO. The van der Waals surface area contributed by atoms with Crippen molar-refractivity contribution >= 4 is 5.69 Å². The molecule has 0 amide bonds. The molecule has 2 nitrogen and oxygen atoms in total. The molecule has 18 heavy (non-hydrogen) atoms. The third-order valence-electron chi connectivity index (χ3n) is 3.96. The molecule has 1 aromatic carbocycles. The van der Waals surface area contributed by atoms with Crippen LogP contribution in [0.15, 0.2) is 24.3 Å². The first-order valence-corrected chi connectivity index (χ1v) is 6.71. The van der Waals surface area contributed by atoms with Crippen LogP contribution in [0.25, 0.3) is 0 Å². The van der Waals surface area contributed by atoms with Crippen LogP contribution in [0.2, 0.25) is 0 Å². The van der Waals surface area contributed by atoms with Crippen molar-refractivity contribution in [2.75, 3.05) is 18.5 Å². The summed E-state index contributed by atoms with van der Waals surface area (Å²) in [5.41, 5.74) is 0.875. The summed E-state index contributed by atoms with van der Waals surface area (Å²) in [6.07, 6.45) is 2.85. The molecule has 0 heterocycles. The molecular weight excluding hydrogens is 229 g/mol.